The van der Waals surface area contributed by atoms with Crippen molar-refractivity contribution in [3.8, 4) is 0 Å². The first-order valence-electron chi connectivity index (χ1n) is 7.71. The number of hydrogen-bond acceptors (Lipinski definition) is 3. The summed E-state index contributed by atoms with van der Waals surface area (Å²) in [6.07, 6.45) is 6.33. The van der Waals surface area contributed by atoms with Gasteiger partial charge in [0.1, 0.15) is 0 Å². The van der Waals surface area contributed by atoms with Crippen LogP contribution < -0.4 is 5.73 Å². The van der Waals surface area contributed by atoms with Gasteiger partial charge in [-0.25, -0.2) is 0 Å². The maximum Gasteiger partial charge on any atom is 0.0478 e. The smallest absolute Gasteiger partial charge is 0.0478 e. The lowest BCUT2D eigenvalue weighted by molar-refractivity contribution is 0.0387. The summed E-state index contributed by atoms with van der Waals surface area (Å²) in [5, 5.41) is 0. The summed E-state index contributed by atoms with van der Waals surface area (Å²) in [6, 6.07) is 0. The molecule has 1 rings (SSSR count). The highest BCUT2D eigenvalue weighted by molar-refractivity contribution is 4.95. The Hall–Kier alpha value is -0.120. The predicted molar refractivity (Wildman–Crippen MR) is 77.8 cm³/mol. The van der Waals surface area contributed by atoms with Gasteiger partial charge in [0.25, 0.3) is 0 Å². The van der Waals surface area contributed by atoms with Gasteiger partial charge in [-0.3, -0.25) is 4.90 Å². The lowest BCUT2D eigenvalue weighted by Crippen LogP contribution is -2.56. The summed E-state index contributed by atoms with van der Waals surface area (Å²) < 4.78 is 5.44. The molecule has 1 aliphatic rings. The minimum Gasteiger partial charge on any atom is -0.382 e. The third-order valence-corrected chi connectivity index (χ3v) is 4.56. The van der Waals surface area contributed by atoms with Crippen LogP contribution in [0.25, 0.3) is 0 Å². The van der Waals surface area contributed by atoms with E-state index in [0.29, 0.717) is 0 Å². The minimum absolute atomic E-state index is 0.271. The number of hydrogen-bond donors (Lipinski definition) is 1. The topological polar surface area (TPSA) is 38.5 Å². The van der Waals surface area contributed by atoms with Crippen molar-refractivity contribution in [2.24, 2.45) is 11.7 Å². The molecule has 108 valence electrons. The van der Waals surface area contributed by atoms with E-state index in [1.807, 2.05) is 0 Å². The fraction of sp³-hybridized carbons (Fsp3) is 1.00. The molecule has 0 aliphatic heterocycles. The van der Waals surface area contributed by atoms with Crippen LogP contribution in [-0.4, -0.2) is 43.3 Å². The molecule has 2 N–H and O–H groups in total. The van der Waals surface area contributed by atoms with Crippen LogP contribution in [0.3, 0.4) is 0 Å². The Morgan fingerprint density at radius 1 is 1.28 bits per heavy atom. The molecule has 1 saturated carbocycles. The van der Waals surface area contributed by atoms with Gasteiger partial charge in [0.15, 0.2) is 0 Å². The van der Waals surface area contributed by atoms with Gasteiger partial charge in [0.2, 0.25) is 0 Å². The zero-order valence-electron chi connectivity index (χ0n) is 12.6. The molecule has 0 aromatic rings. The number of likely N-dealkylation sites (N-methyl/N-ethyl adjacent to an activating group) is 1. The van der Waals surface area contributed by atoms with Crippen molar-refractivity contribution in [1.82, 2.24) is 4.90 Å². The van der Waals surface area contributed by atoms with Crippen molar-refractivity contribution in [2.45, 2.75) is 58.4 Å². The van der Waals surface area contributed by atoms with Crippen LogP contribution in [0.2, 0.25) is 0 Å². The van der Waals surface area contributed by atoms with Crippen LogP contribution in [-0.2, 0) is 4.74 Å². The summed E-state index contributed by atoms with van der Waals surface area (Å²) in [4.78, 5) is 2.61. The first-order valence-corrected chi connectivity index (χ1v) is 7.71. The van der Waals surface area contributed by atoms with Crippen molar-refractivity contribution < 1.29 is 4.74 Å². The van der Waals surface area contributed by atoms with Gasteiger partial charge < -0.3 is 10.5 Å². The Kier molecular flexibility index (Phi) is 7.20. The molecule has 18 heavy (non-hydrogen) atoms. The van der Waals surface area contributed by atoms with E-state index in [9.17, 15) is 0 Å². The van der Waals surface area contributed by atoms with Crippen LogP contribution >= 0.6 is 0 Å². The molecule has 0 saturated heterocycles. The van der Waals surface area contributed by atoms with Crippen molar-refractivity contribution >= 4 is 0 Å². The third kappa shape index (κ3) is 4.22. The Balaban J connectivity index is 2.48. The SMILES string of the molecule is CCOCCCN(CC)C1(CN)CCC(C)CC1. The Morgan fingerprint density at radius 2 is 1.94 bits per heavy atom. The normalized spacial score (nSPS) is 28.8. The predicted octanol–water partition coefficient (Wildman–Crippen LogP) is 2.64. The maximum absolute atomic E-state index is 6.12. The summed E-state index contributed by atoms with van der Waals surface area (Å²) in [6.45, 7) is 11.4. The van der Waals surface area contributed by atoms with Crippen molar-refractivity contribution in [3.63, 3.8) is 0 Å². The molecule has 3 nitrogen and oxygen atoms in total. The molecule has 0 amide bonds. The molecule has 0 atom stereocenters. The molecule has 0 heterocycles. The molecule has 0 spiro atoms. The first kappa shape index (κ1) is 15.9. The van der Waals surface area contributed by atoms with E-state index in [1.54, 1.807) is 0 Å². The van der Waals surface area contributed by atoms with E-state index in [2.05, 4.69) is 25.7 Å². The van der Waals surface area contributed by atoms with E-state index in [1.165, 1.54) is 25.7 Å². The lowest BCUT2D eigenvalue weighted by atomic mass is 9.76. The van der Waals surface area contributed by atoms with Crippen molar-refractivity contribution in [3.05, 3.63) is 0 Å². The van der Waals surface area contributed by atoms with Crippen LogP contribution in [0, 0.1) is 5.92 Å². The number of ether oxygens (including phenoxy) is 1. The monoisotopic (exact) mass is 256 g/mol. The van der Waals surface area contributed by atoms with E-state index < -0.39 is 0 Å². The van der Waals surface area contributed by atoms with Crippen molar-refractivity contribution in [2.75, 3.05) is 32.8 Å². The molecule has 0 radical (unpaired) electrons. The van der Waals surface area contributed by atoms with Crippen molar-refractivity contribution in [1.29, 1.82) is 0 Å². The average Bonchev–Trinajstić information content (AvgIpc) is 2.41. The summed E-state index contributed by atoms with van der Waals surface area (Å²) in [7, 11) is 0. The highest BCUT2D eigenvalue weighted by Crippen LogP contribution is 2.35. The fourth-order valence-corrected chi connectivity index (χ4v) is 3.18. The van der Waals surface area contributed by atoms with E-state index in [0.717, 1.165) is 45.2 Å². The summed E-state index contributed by atoms with van der Waals surface area (Å²) in [5.41, 5.74) is 6.39. The maximum atomic E-state index is 6.12. The van der Waals surface area contributed by atoms with E-state index in [4.69, 9.17) is 10.5 Å². The second-order valence-electron chi connectivity index (χ2n) is 5.74. The lowest BCUT2D eigenvalue weighted by Gasteiger charge is -2.47. The molecule has 1 fully saturated rings. The van der Waals surface area contributed by atoms with Gasteiger partial charge in [-0.2, -0.15) is 0 Å². The van der Waals surface area contributed by atoms with Gasteiger partial charge in [-0.05, 0) is 51.5 Å². The molecule has 3 heteroatoms. The van der Waals surface area contributed by atoms with Gasteiger partial charge in [0, 0.05) is 31.8 Å². The highest BCUT2D eigenvalue weighted by atomic mass is 16.5. The van der Waals surface area contributed by atoms with E-state index in [-0.39, 0.29) is 5.54 Å². The second-order valence-corrected chi connectivity index (χ2v) is 5.74. The quantitative estimate of drug-likeness (QED) is 0.679. The Bertz CT molecular complexity index is 213. The molecular weight excluding hydrogens is 224 g/mol. The summed E-state index contributed by atoms with van der Waals surface area (Å²) in [5.74, 6) is 0.881. The Labute approximate surface area is 113 Å². The molecule has 0 aromatic carbocycles. The fourth-order valence-electron chi connectivity index (χ4n) is 3.18. The van der Waals surface area contributed by atoms with E-state index >= 15 is 0 Å². The molecular formula is C15H32N2O. The largest absolute Gasteiger partial charge is 0.382 e. The van der Waals surface area contributed by atoms with Crippen LogP contribution in [0.15, 0.2) is 0 Å². The second kappa shape index (κ2) is 8.13. The minimum atomic E-state index is 0.271. The zero-order chi connectivity index (χ0) is 13.4. The number of nitrogens with two attached hydrogens (primary N) is 1. The average molecular weight is 256 g/mol. The van der Waals surface area contributed by atoms with Gasteiger partial charge in [0.05, 0.1) is 0 Å². The number of rotatable bonds is 8. The molecule has 1 aliphatic carbocycles. The van der Waals surface area contributed by atoms with Crippen LogP contribution in [0.1, 0.15) is 52.9 Å². The summed E-state index contributed by atoms with van der Waals surface area (Å²) >= 11 is 0. The molecule has 0 unspecified atom stereocenters. The number of nitrogens with zero attached hydrogens (tertiary/aromatic N) is 1. The van der Waals surface area contributed by atoms with Crippen LogP contribution in [0.4, 0.5) is 0 Å². The molecule has 0 aromatic heterocycles. The first-order chi connectivity index (χ1) is 8.68. The molecule has 0 bridgehead atoms. The third-order valence-electron chi connectivity index (χ3n) is 4.56. The van der Waals surface area contributed by atoms with Crippen LogP contribution in [0.5, 0.6) is 0 Å². The Morgan fingerprint density at radius 3 is 2.44 bits per heavy atom. The van der Waals surface area contributed by atoms with Gasteiger partial charge >= 0.3 is 0 Å². The highest BCUT2D eigenvalue weighted by Gasteiger charge is 2.37. The zero-order valence-corrected chi connectivity index (χ0v) is 12.6. The van der Waals surface area contributed by atoms with Gasteiger partial charge in [-0.1, -0.05) is 13.8 Å². The standard InChI is InChI=1S/C15H32N2O/c1-4-17(11-6-12-18-5-2)15(13-16)9-7-14(3)8-10-15/h14H,4-13,16H2,1-3H3. The van der Waals surface area contributed by atoms with Gasteiger partial charge in [-0.15, -0.1) is 0 Å².